The van der Waals surface area contributed by atoms with Crippen LogP contribution in [0.3, 0.4) is 0 Å². The van der Waals surface area contributed by atoms with Gasteiger partial charge < -0.3 is 19.7 Å². The van der Waals surface area contributed by atoms with Gasteiger partial charge in [0.1, 0.15) is 5.76 Å². The number of carbonyl (C=O) groups excluding carboxylic acids is 1. The van der Waals surface area contributed by atoms with Crippen LogP contribution >= 0.6 is 0 Å². The van der Waals surface area contributed by atoms with Gasteiger partial charge in [-0.2, -0.15) is 0 Å². The van der Waals surface area contributed by atoms with Crippen molar-refractivity contribution in [1.82, 2.24) is 10.2 Å². The average molecular weight is 224 g/mol. The topological polar surface area (TPSA) is 65.7 Å². The highest BCUT2D eigenvalue weighted by Crippen LogP contribution is 2.14. The molecular formula is C11H16N2O3. The summed E-state index contributed by atoms with van der Waals surface area (Å²) in [6, 6.07) is 3.23. The fourth-order valence-corrected chi connectivity index (χ4v) is 1.92. The molecule has 0 radical (unpaired) electrons. The Bertz CT molecular complexity index is 388. The Morgan fingerprint density at radius 1 is 1.56 bits per heavy atom. The van der Waals surface area contributed by atoms with Crippen molar-refractivity contribution >= 4 is 5.91 Å². The highest BCUT2D eigenvalue weighted by atomic mass is 16.4. The van der Waals surface area contributed by atoms with Crippen molar-refractivity contribution in [2.24, 2.45) is 0 Å². The largest absolute Gasteiger partial charge is 0.456 e. The zero-order chi connectivity index (χ0) is 11.7. The molecule has 0 spiro atoms. The maximum Gasteiger partial charge on any atom is 0.289 e. The van der Waals surface area contributed by atoms with E-state index in [2.05, 4.69) is 5.32 Å². The summed E-state index contributed by atoms with van der Waals surface area (Å²) in [5, 5.41) is 12.7. The molecule has 1 aliphatic heterocycles. The third-order valence-corrected chi connectivity index (χ3v) is 2.92. The number of aliphatic hydroxyl groups is 1. The predicted octanol–water partition coefficient (Wildman–Crippen LogP) is -0.00728. The summed E-state index contributed by atoms with van der Waals surface area (Å²) in [6.07, 6.45) is -0.509. The number of likely N-dealkylation sites (N-methyl/N-ethyl adjacent to an activating group) is 1. The minimum Gasteiger partial charge on any atom is -0.456 e. The molecule has 88 valence electrons. The quantitative estimate of drug-likeness (QED) is 0.741. The normalized spacial score (nSPS) is 24.7. The molecule has 2 heterocycles. The van der Waals surface area contributed by atoms with Crippen molar-refractivity contribution in [3.8, 4) is 0 Å². The van der Waals surface area contributed by atoms with E-state index in [0.29, 0.717) is 24.6 Å². The van der Waals surface area contributed by atoms with E-state index in [4.69, 9.17) is 4.42 Å². The second-order valence-electron chi connectivity index (χ2n) is 4.12. The van der Waals surface area contributed by atoms with Crippen LogP contribution in [-0.4, -0.2) is 48.2 Å². The van der Waals surface area contributed by atoms with Gasteiger partial charge in [-0.3, -0.25) is 4.79 Å². The first-order chi connectivity index (χ1) is 7.59. The fraction of sp³-hybridized carbons (Fsp3) is 0.545. The number of aryl methyl sites for hydroxylation is 1. The fourth-order valence-electron chi connectivity index (χ4n) is 1.92. The van der Waals surface area contributed by atoms with E-state index in [1.165, 1.54) is 4.90 Å². The van der Waals surface area contributed by atoms with Crippen molar-refractivity contribution in [3.05, 3.63) is 23.7 Å². The van der Waals surface area contributed by atoms with Crippen LogP contribution in [0, 0.1) is 6.92 Å². The first-order valence-electron chi connectivity index (χ1n) is 5.32. The summed E-state index contributed by atoms with van der Waals surface area (Å²) >= 11 is 0. The van der Waals surface area contributed by atoms with Crippen LogP contribution in [0.15, 0.2) is 16.5 Å². The van der Waals surface area contributed by atoms with Crippen molar-refractivity contribution < 1.29 is 14.3 Å². The number of furan rings is 1. The van der Waals surface area contributed by atoms with E-state index in [1.54, 1.807) is 26.1 Å². The molecule has 1 aromatic rings. The van der Waals surface area contributed by atoms with Gasteiger partial charge in [-0.05, 0) is 19.1 Å². The summed E-state index contributed by atoms with van der Waals surface area (Å²) in [7, 11) is 1.68. The second kappa shape index (κ2) is 4.27. The molecule has 16 heavy (non-hydrogen) atoms. The van der Waals surface area contributed by atoms with Crippen LogP contribution in [0.25, 0.3) is 0 Å². The average Bonchev–Trinajstić information content (AvgIpc) is 2.85. The van der Waals surface area contributed by atoms with E-state index in [-0.39, 0.29) is 11.9 Å². The zero-order valence-electron chi connectivity index (χ0n) is 9.43. The van der Waals surface area contributed by atoms with Gasteiger partial charge >= 0.3 is 0 Å². The maximum atomic E-state index is 12.0. The van der Waals surface area contributed by atoms with Gasteiger partial charge in [-0.25, -0.2) is 0 Å². The lowest BCUT2D eigenvalue weighted by Gasteiger charge is -2.25. The van der Waals surface area contributed by atoms with Crippen LogP contribution in [0.2, 0.25) is 0 Å². The number of hydrogen-bond acceptors (Lipinski definition) is 4. The van der Waals surface area contributed by atoms with E-state index >= 15 is 0 Å². The minimum absolute atomic E-state index is 0.182. The lowest BCUT2D eigenvalue weighted by atomic mass is 10.2. The summed E-state index contributed by atoms with van der Waals surface area (Å²) in [4.78, 5) is 13.5. The van der Waals surface area contributed by atoms with Gasteiger partial charge in [-0.15, -0.1) is 0 Å². The lowest BCUT2D eigenvalue weighted by molar-refractivity contribution is 0.0551. The van der Waals surface area contributed by atoms with Crippen LogP contribution in [0.5, 0.6) is 0 Å². The Morgan fingerprint density at radius 2 is 2.31 bits per heavy atom. The van der Waals surface area contributed by atoms with Crippen molar-refractivity contribution in [3.63, 3.8) is 0 Å². The molecular weight excluding hydrogens is 208 g/mol. The van der Waals surface area contributed by atoms with Crippen molar-refractivity contribution in [2.45, 2.75) is 19.1 Å². The molecule has 5 nitrogen and oxygen atoms in total. The Labute approximate surface area is 94.0 Å². The monoisotopic (exact) mass is 224 g/mol. The first-order valence-corrected chi connectivity index (χ1v) is 5.32. The molecule has 0 saturated carbocycles. The van der Waals surface area contributed by atoms with Crippen LogP contribution in [0.4, 0.5) is 0 Å². The molecule has 1 aromatic heterocycles. The van der Waals surface area contributed by atoms with Gasteiger partial charge in [0.2, 0.25) is 0 Å². The summed E-state index contributed by atoms with van der Waals surface area (Å²) in [5.41, 5.74) is 0. The van der Waals surface area contributed by atoms with E-state index in [1.807, 2.05) is 0 Å². The summed E-state index contributed by atoms with van der Waals surface area (Å²) < 4.78 is 5.27. The van der Waals surface area contributed by atoms with Crippen LogP contribution in [-0.2, 0) is 0 Å². The molecule has 1 fully saturated rings. The Hall–Kier alpha value is -1.33. The van der Waals surface area contributed by atoms with Gasteiger partial charge in [0.05, 0.1) is 12.1 Å². The molecule has 2 rings (SSSR count). The van der Waals surface area contributed by atoms with Crippen LogP contribution in [0.1, 0.15) is 16.3 Å². The molecule has 0 bridgehead atoms. The van der Waals surface area contributed by atoms with E-state index < -0.39 is 6.10 Å². The predicted molar refractivity (Wildman–Crippen MR) is 58.2 cm³/mol. The van der Waals surface area contributed by atoms with Gasteiger partial charge in [0.25, 0.3) is 5.91 Å². The van der Waals surface area contributed by atoms with Crippen LogP contribution < -0.4 is 5.32 Å². The van der Waals surface area contributed by atoms with Gasteiger partial charge in [0.15, 0.2) is 5.76 Å². The molecule has 0 aliphatic carbocycles. The highest BCUT2D eigenvalue weighted by Gasteiger charge is 2.32. The first kappa shape index (κ1) is 11.2. The SMILES string of the molecule is Cc1ccc(C(=O)N(C)C2CNCC2O)o1. The third-order valence-electron chi connectivity index (χ3n) is 2.92. The second-order valence-corrected chi connectivity index (χ2v) is 4.12. The molecule has 5 heteroatoms. The Morgan fingerprint density at radius 3 is 2.81 bits per heavy atom. The molecule has 2 unspecified atom stereocenters. The van der Waals surface area contributed by atoms with Crippen molar-refractivity contribution in [1.29, 1.82) is 0 Å². The maximum absolute atomic E-state index is 12.0. The van der Waals surface area contributed by atoms with Gasteiger partial charge in [0, 0.05) is 20.1 Å². The summed E-state index contributed by atoms with van der Waals surface area (Å²) in [6.45, 7) is 2.94. The van der Waals surface area contributed by atoms with E-state index in [0.717, 1.165) is 0 Å². The number of β-amino-alcohol motifs (C(OH)–C–C–N with tert-alkyl or cyclic N) is 1. The standard InChI is InChI=1S/C11H16N2O3/c1-7-3-4-10(16-7)11(15)13(2)8-5-12-6-9(8)14/h3-4,8-9,12,14H,5-6H2,1-2H3. The number of hydrogen-bond donors (Lipinski definition) is 2. The number of nitrogens with zero attached hydrogens (tertiary/aromatic N) is 1. The lowest BCUT2D eigenvalue weighted by Crippen LogP contribution is -2.44. The molecule has 2 atom stereocenters. The van der Waals surface area contributed by atoms with Crippen molar-refractivity contribution in [2.75, 3.05) is 20.1 Å². The van der Waals surface area contributed by atoms with E-state index in [9.17, 15) is 9.90 Å². The molecule has 1 aliphatic rings. The number of rotatable bonds is 2. The number of aliphatic hydroxyl groups excluding tert-OH is 1. The molecule has 1 saturated heterocycles. The Balaban J connectivity index is 2.10. The smallest absolute Gasteiger partial charge is 0.289 e. The zero-order valence-corrected chi connectivity index (χ0v) is 9.43. The Kier molecular flexibility index (Phi) is 2.98. The highest BCUT2D eigenvalue weighted by molar-refractivity contribution is 5.91. The minimum atomic E-state index is -0.509. The molecule has 1 amide bonds. The third kappa shape index (κ3) is 1.96. The van der Waals surface area contributed by atoms with Gasteiger partial charge in [-0.1, -0.05) is 0 Å². The number of amides is 1. The number of carbonyl (C=O) groups is 1. The molecule has 2 N–H and O–H groups in total. The molecule has 0 aromatic carbocycles. The number of nitrogens with one attached hydrogen (secondary N) is 1. The summed E-state index contributed by atoms with van der Waals surface area (Å²) in [5.74, 6) is 0.835.